The largest absolute Gasteiger partial charge is 0.416 e. The van der Waals surface area contributed by atoms with Crippen LogP contribution in [0.4, 0.5) is 26.3 Å². The maximum Gasteiger partial charge on any atom is 0.416 e. The summed E-state index contributed by atoms with van der Waals surface area (Å²) in [5.74, 6) is -2.21. The van der Waals surface area contributed by atoms with Crippen molar-refractivity contribution in [3.05, 3.63) is 47.5 Å². The van der Waals surface area contributed by atoms with Crippen LogP contribution in [0.15, 0.2) is 30.9 Å². The molecule has 1 aromatic carbocycles. The van der Waals surface area contributed by atoms with Crippen LogP contribution in [0.1, 0.15) is 40.7 Å². The van der Waals surface area contributed by atoms with Gasteiger partial charge >= 0.3 is 12.4 Å². The molecule has 0 aliphatic heterocycles. The number of nitrogens with one attached hydrogen (secondary N) is 1. The minimum absolute atomic E-state index is 0.0676. The van der Waals surface area contributed by atoms with E-state index in [1.807, 2.05) is 0 Å². The number of unbranched alkanes of at least 4 members (excludes halogenated alkanes) is 1. The van der Waals surface area contributed by atoms with Crippen molar-refractivity contribution in [2.24, 2.45) is 5.73 Å². The average molecular weight is 382 g/mol. The van der Waals surface area contributed by atoms with Crippen LogP contribution in [0.2, 0.25) is 0 Å². The summed E-state index contributed by atoms with van der Waals surface area (Å²) in [7, 11) is 0. The van der Waals surface area contributed by atoms with Crippen molar-refractivity contribution in [3.63, 3.8) is 0 Å². The van der Waals surface area contributed by atoms with Gasteiger partial charge in [-0.3, -0.25) is 9.59 Å². The molecule has 2 amide bonds. The molecule has 0 radical (unpaired) electrons. The Morgan fingerprint density at radius 2 is 1.58 bits per heavy atom. The summed E-state index contributed by atoms with van der Waals surface area (Å²) in [5, 5.41) is 2.07. The molecule has 0 saturated carbocycles. The number of rotatable bonds is 7. The molecule has 4 nitrogen and oxygen atoms in total. The molecule has 1 atom stereocenters. The van der Waals surface area contributed by atoms with E-state index in [1.54, 1.807) is 6.08 Å². The van der Waals surface area contributed by atoms with Crippen molar-refractivity contribution in [1.82, 2.24) is 5.32 Å². The standard InChI is InChI=1S/C16H16F6N2O2/c1-2-3-4-5-12(13(23)25)24-14(26)9-6-10(15(17,18)19)8-11(7-9)16(20,21)22/h2,6-8,12H,1,3-5H2,(H2,23,25)(H,24,26)/t12-/m0/s1. The van der Waals surface area contributed by atoms with Gasteiger partial charge < -0.3 is 11.1 Å². The van der Waals surface area contributed by atoms with Crippen LogP contribution in [0.25, 0.3) is 0 Å². The summed E-state index contributed by atoms with van der Waals surface area (Å²) in [5.41, 5.74) is 0.981. The predicted molar refractivity (Wildman–Crippen MR) is 80.9 cm³/mol. The van der Waals surface area contributed by atoms with E-state index >= 15 is 0 Å². The first-order chi connectivity index (χ1) is 11.9. The lowest BCUT2D eigenvalue weighted by Gasteiger charge is -2.17. The molecule has 0 aliphatic rings. The van der Waals surface area contributed by atoms with E-state index in [1.165, 1.54) is 0 Å². The Morgan fingerprint density at radius 1 is 1.08 bits per heavy atom. The van der Waals surface area contributed by atoms with Crippen LogP contribution in [-0.2, 0) is 17.1 Å². The normalized spacial score (nSPS) is 13.2. The van der Waals surface area contributed by atoms with Crippen molar-refractivity contribution < 1.29 is 35.9 Å². The van der Waals surface area contributed by atoms with E-state index in [9.17, 15) is 35.9 Å². The fourth-order valence-electron chi connectivity index (χ4n) is 2.08. The van der Waals surface area contributed by atoms with Crippen LogP contribution >= 0.6 is 0 Å². The Bertz CT molecular complexity index is 650. The van der Waals surface area contributed by atoms with Gasteiger partial charge in [0.05, 0.1) is 11.1 Å². The molecule has 0 unspecified atom stereocenters. The van der Waals surface area contributed by atoms with Gasteiger partial charge in [-0.25, -0.2) is 0 Å². The molecule has 3 N–H and O–H groups in total. The monoisotopic (exact) mass is 382 g/mol. The number of carbonyl (C=O) groups excluding carboxylic acids is 2. The van der Waals surface area contributed by atoms with Crippen LogP contribution < -0.4 is 11.1 Å². The summed E-state index contributed by atoms with van der Waals surface area (Å²) in [4.78, 5) is 23.4. The predicted octanol–water partition coefficient (Wildman–Crippen LogP) is 3.66. The van der Waals surface area contributed by atoms with Gasteiger partial charge in [0.15, 0.2) is 0 Å². The minimum atomic E-state index is -5.08. The van der Waals surface area contributed by atoms with Crippen LogP contribution in [0.3, 0.4) is 0 Å². The SMILES string of the molecule is C=CCCC[C@H](NC(=O)c1cc(C(F)(F)F)cc(C(F)(F)F)c1)C(N)=O. The zero-order chi connectivity index (χ0) is 20.1. The van der Waals surface area contributed by atoms with Gasteiger partial charge in [-0.2, -0.15) is 26.3 Å². The zero-order valence-corrected chi connectivity index (χ0v) is 13.4. The Hall–Kier alpha value is -2.52. The molecule has 0 aliphatic carbocycles. The molecule has 10 heteroatoms. The number of halogens is 6. The Kier molecular flexibility index (Phi) is 6.82. The molecule has 1 rings (SSSR count). The molecular weight excluding hydrogens is 366 g/mol. The maximum absolute atomic E-state index is 12.8. The lowest BCUT2D eigenvalue weighted by molar-refractivity contribution is -0.143. The van der Waals surface area contributed by atoms with Crippen LogP contribution in [-0.4, -0.2) is 17.9 Å². The topological polar surface area (TPSA) is 72.2 Å². The third-order valence-electron chi connectivity index (χ3n) is 3.40. The van der Waals surface area contributed by atoms with Crippen molar-refractivity contribution in [2.75, 3.05) is 0 Å². The number of hydrogen-bond donors (Lipinski definition) is 2. The Labute approximate surface area is 145 Å². The molecule has 144 valence electrons. The van der Waals surface area contributed by atoms with Crippen molar-refractivity contribution in [3.8, 4) is 0 Å². The van der Waals surface area contributed by atoms with Gasteiger partial charge in [-0.1, -0.05) is 6.08 Å². The molecule has 1 aromatic rings. The first-order valence-electron chi connectivity index (χ1n) is 7.36. The minimum Gasteiger partial charge on any atom is -0.368 e. The first-order valence-corrected chi connectivity index (χ1v) is 7.36. The molecule has 0 heterocycles. The van der Waals surface area contributed by atoms with Gasteiger partial charge in [-0.05, 0) is 37.5 Å². The highest BCUT2D eigenvalue weighted by molar-refractivity contribution is 5.97. The Balaban J connectivity index is 3.17. The van der Waals surface area contributed by atoms with E-state index in [-0.39, 0.29) is 24.6 Å². The fraction of sp³-hybridized carbons (Fsp3) is 0.375. The van der Waals surface area contributed by atoms with Gasteiger partial charge in [0, 0.05) is 5.56 Å². The number of nitrogens with two attached hydrogens (primary N) is 1. The second-order valence-electron chi connectivity index (χ2n) is 5.44. The highest BCUT2D eigenvalue weighted by atomic mass is 19.4. The average Bonchev–Trinajstić information content (AvgIpc) is 2.51. The molecule has 0 fully saturated rings. The number of alkyl halides is 6. The van der Waals surface area contributed by atoms with E-state index in [4.69, 9.17) is 5.73 Å². The molecule has 26 heavy (non-hydrogen) atoms. The lowest BCUT2D eigenvalue weighted by Crippen LogP contribution is -2.44. The number of amides is 2. The van der Waals surface area contributed by atoms with Crippen molar-refractivity contribution >= 4 is 11.8 Å². The number of allylic oxidation sites excluding steroid dienone is 1. The number of hydrogen-bond acceptors (Lipinski definition) is 2. The second kappa shape index (κ2) is 8.24. The van der Waals surface area contributed by atoms with Crippen LogP contribution in [0.5, 0.6) is 0 Å². The van der Waals surface area contributed by atoms with Gasteiger partial charge in [-0.15, -0.1) is 6.58 Å². The lowest BCUT2D eigenvalue weighted by atomic mass is 10.0. The second-order valence-corrected chi connectivity index (χ2v) is 5.44. The molecule has 0 spiro atoms. The van der Waals surface area contributed by atoms with E-state index in [0.29, 0.717) is 12.8 Å². The van der Waals surface area contributed by atoms with Gasteiger partial charge in [0.1, 0.15) is 6.04 Å². The van der Waals surface area contributed by atoms with Crippen molar-refractivity contribution in [1.29, 1.82) is 0 Å². The molecular formula is C16H16F6N2O2. The third kappa shape index (κ3) is 6.08. The number of primary amides is 1. The van der Waals surface area contributed by atoms with E-state index in [2.05, 4.69) is 11.9 Å². The summed E-state index contributed by atoms with van der Waals surface area (Å²) in [6.45, 7) is 3.46. The van der Waals surface area contributed by atoms with Crippen molar-refractivity contribution in [2.45, 2.75) is 37.7 Å². The highest BCUT2D eigenvalue weighted by Gasteiger charge is 2.37. The number of carbonyl (C=O) groups is 2. The highest BCUT2D eigenvalue weighted by Crippen LogP contribution is 2.36. The summed E-state index contributed by atoms with van der Waals surface area (Å²) in [6, 6.07) is -0.753. The quantitative estimate of drug-likeness (QED) is 0.429. The van der Waals surface area contributed by atoms with E-state index in [0.717, 1.165) is 0 Å². The van der Waals surface area contributed by atoms with Crippen LogP contribution in [0, 0.1) is 0 Å². The van der Waals surface area contributed by atoms with Gasteiger partial charge in [0.25, 0.3) is 5.91 Å². The summed E-state index contributed by atoms with van der Waals surface area (Å²) < 4.78 is 76.9. The summed E-state index contributed by atoms with van der Waals surface area (Å²) >= 11 is 0. The van der Waals surface area contributed by atoms with Gasteiger partial charge in [0.2, 0.25) is 5.91 Å². The maximum atomic E-state index is 12.8. The third-order valence-corrected chi connectivity index (χ3v) is 3.40. The summed E-state index contributed by atoms with van der Waals surface area (Å²) in [6.07, 6.45) is -7.66. The number of benzene rings is 1. The molecule has 0 saturated heterocycles. The smallest absolute Gasteiger partial charge is 0.368 e. The molecule has 0 bridgehead atoms. The first kappa shape index (κ1) is 21.5. The molecule has 0 aromatic heterocycles. The Morgan fingerprint density at radius 3 is 1.96 bits per heavy atom. The fourth-order valence-corrected chi connectivity index (χ4v) is 2.08. The van der Waals surface area contributed by atoms with E-state index < -0.39 is 46.9 Å². The zero-order valence-electron chi connectivity index (χ0n) is 13.4.